The van der Waals surface area contributed by atoms with Gasteiger partial charge >= 0.3 is 0 Å². The molecule has 1 fully saturated rings. The molecule has 1 aromatic heterocycles. The molecule has 0 radical (unpaired) electrons. The van der Waals surface area contributed by atoms with Crippen molar-refractivity contribution in [3.63, 3.8) is 0 Å². The summed E-state index contributed by atoms with van der Waals surface area (Å²) in [6, 6.07) is 16.3. The normalized spacial score (nSPS) is 17.3. The van der Waals surface area contributed by atoms with E-state index in [4.69, 9.17) is 20.9 Å². The molecule has 1 atom stereocenters. The lowest BCUT2D eigenvalue weighted by Crippen LogP contribution is -2.22. The fourth-order valence-corrected chi connectivity index (χ4v) is 3.81. The van der Waals surface area contributed by atoms with Crippen LogP contribution in [0.5, 0.6) is 5.75 Å². The van der Waals surface area contributed by atoms with Crippen molar-refractivity contribution in [2.45, 2.75) is 32.4 Å². The Morgan fingerprint density at radius 3 is 2.78 bits per heavy atom. The van der Waals surface area contributed by atoms with E-state index in [1.54, 1.807) is 0 Å². The smallest absolute Gasteiger partial charge is 0.241 e. The highest BCUT2D eigenvalue weighted by molar-refractivity contribution is 6.33. The van der Waals surface area contributed by atoms with Crippen LogP contribution < -0.4 is 4.74 Å². The summed E-state index contributed by atoms with van der Waals surface area (Å²) < 4.78 is 11.0. The molecule has 0 aliphatic carbocycles. The van der Waals surface area contributed by atoms with Gasteiger partial charge in [-0.1, -0.05) is 41.0 Å². The molecule has 4 rings (SSSR count). The van der Waals surface area contributed by atoms with Crippen LogP contribution in [0.2, 0.25) is 5.02 Å². The average Bonchev–Trinajstić information content (AvgIpc) is 3.33. The SMILES string of the molecule is CCOc1ccc([C@@H]2CCCN2Cc2nc(-c3ccccc3Cl)no2)cc1. The fraction of sp³-hybridized carbons (Fsp3) is 0.333. The van der Waals surface area contributed by atoms with Crippen molar-refractivity contribution >= 4 is 11.6 Å². The second kappa shape index (κ2) is 8.11. The third-order valence-corrected chi connectivity index (χ3v) is 5.19. The summed E-state index contributed by atoms with van der Waals surface area (Å²) in [5, 5.41) is 4.73. The number of aromatic nitrogens is 2. The average molecular weight is 384 g/mol. The van der Waals surface area contributed by atoms with Crippen LogP contribution in [-0.4, -0.2) is 28.2 Å². The summed E-state index contributed by atoms with van der Waals surface area (Å²) in [6.45, 7) is 4.32. The summed E-state index contributed by atoms with van der Waals surface area (Å²) in [4.78, 5) is 6.94. The standard InChI is InChI=1S/C21H22ClN3O2/c1-2-26-16-11-9-15(10-12-16)19-8-5-13-25(19)14-20-23-21(24-27-20)17-6-3-4-7-18(17)22/h3-4,6-7,9-12,19H,2,5,8,13-14H2,1H3/t19-/m0/s1. The van der Waals surface area contributed by atoms with Gasteiger partial charge in [0.05, 0.1) is 18.2 Å². The van der Waals surface area contributed by atoms with Crippen molar-refractivity contribution < 1.29 is 9.26 Å². The van der Waals surface area contributed by atoms with Crippen LogP contribution >= 0.6 is 11.6 Å². The van der Waals surface area contributed by atoms with E-state index in [1.165, 1.54) is 5.56 Å². The number of nitrogens with zero attached hydrogens (tertiary/aromatic N) is 3. The van der Waals surface area contributed by atoms with E-state index in [9.17, 15) is 0 Å². The Labute approximate surface area is 163 Å². The minimum absolute atomic E-state index is 0.358. The van der Waals surface area contributed by atoms with Crippen LogP contribution in [0.4, 0.5) is 0 Å². The highest BCUT2D eigenvalue weighted by Crippen LogP contribution is 2.34. The van der Waals surface area contributed by atoms with Gasteiger partial charge in [-0.25, -0.2) is 0 Å². The number of rotatable bonds is 6. The number of ether oxygens (including phenoxy) is 1. The highest BCUT2D eigenvalue weighted by Gasteiger charge is 2.27. The summed E-state index contributed by atoms with van der Waals surface area (Å²) in [7, 11) is 0. The second-order valence-corrected chi connectivity index (χ2v) is 7.03. The van der Waals surface area contributed by atoms with Gasteiger partial charge in [0.1, 0.15) is 5.75 Å². The molecule has 6 heteroatoms. The highest BCUT2D eigenvalue weighted by atomic mass is 35.5. The molecule has 0 saturated carbocycles. The van der Waals surface area contributed by atoms with Gasteiger partial charge in [0, 0.05) is 11.6 Å². The molecule has 0 N–H and O–H groups in total. The molecule has 27 heavy (non-hydrogen) atoms. The van der Waals surface area contributed by atoms with E-state index in [0.717, 1.165) is 30.7 Å². The van der Waals surface area contributed by atoms with Gasteiger partial charge in [0.25, 0.3) is 0 Å². The molecule has 0 spiro atoms. The van der Waals surface area contributed by atoms with Crippen molar-refractivity contribution in [2.75, 3.05) is 13.2 Å². The maximum atomic E-state index is 6.23. The molecule has 2 heterocycles. The third-order valence-electron chi connectivity index (χ3n) is 4.86. The Kier molecular flexibility index (Phi) is 5.41. The van der Waals surface area contributed by atoms with Crippen LogP contribution in [0.3, 0.4) is 0 Å². The number of hydrogen-bond acceptors (Lipinski definition) is 5. The largest absolute Gasteiger partial charge is 0.494 e. The number of hydrogen-bond donors (Lipinski definition) is 0. The van der Waals surface area contributed by atoms with Crippen molar-refractivity contribution in [3.05, 3.63) is 65.0 Å². The molecule has 1 aliphatic heterocycles. The van der Waals surface area contributed by atoms with E-state index in [-0.39, 0.29) is 0 Å². The lowest BCUT2D eigenvalue weighted by atomic mass is 10.0. The Balaban J connectivity index is 1.48. The van der Waals surface area contributed by atoms with E-state index in [0.29, 0.717) is 35.9 Å². The zero-order valence-corrected chi connectivity index (χ0v) is 16.0. The zero-order valence-electron chi connectivity index (χ0n) is 15.3. The fourth-order valence-electron chi connectivity index (χ4n) is 3.59. The van der Waals surface area contributed by atoms with Gasteiger partial charge < -0.3 is 9.26 Å². The van der Waals surface area contributed by atoms with E-state index in [2.05, 4.69) is 27.2 Å². The summed E-state index contributed by atoms with van der Waals surface area (Å²) in [5.74, 6) is 2.06. The maximum Gasteiger partial charge on any atom is 0.241 e. The summed E-state index contributed by atoms with van der Waals surface area (Å²) in [6.07, 6.45) is 2.28. The van der Waals surface area contributed by atoms with Gasteiger partial charge in [-0.05, 0) is 56.1 Å². The molecule has 1 saturated heterocycles. The minimum Gasteiger partial charge on any atom is -0.494 e. The topological polar surface area (TPSA) is 51.4 Å². The number of halogens is 1. The first-order chi connectivity index (χ1) is 13.2. The van der Waals surface area contributed by atoms with Crippen molar-refractivity contribution in [2.24, 2.45) is 0 Å². The third kappa shape index (κ3) is 3.99. The minimum atomic E-state index is 0.358. The molecule has 0 bridgehead atoms. The molecule has 3 aromatic rings. The predicted octanol–water partition coefficient (Wildman–Crippen LogP) is 5.13. The Morgan fingerprint density at radius 1 is 1.19 bits per heavy atom. The molecule has 5 nitrogen and oxygen atoms in total. The van der Waals surface area contributed by atoms with Crippen molar-refractivity contribution in [3.8, 4) is 17.1 Å². The number of likely N-dealkylation sites (tertiary alicyclic amines) is 1. The first kappa shape index (κ1) is 18.0. The Morgan fingerprint density at radius 2 is 2.00 bits per heavy atom. The van der Waals surface area contributed by atoms with Crippen LogP contribution in [0.1, 0.15) is 37.3 Å². The van der Waals surface area contributed by atoms with Gasteiger partial charge in [-0.3, -0.25) is 4.90 Å². The summed E-state index contributed by atoms with van der Waals surface area (Å²) in [5.41, 5.74) is 2.08. The Bertz CT molecular complexity index is 894. The first-order valence-electron chi connectivity index (χ1n) is 9.29. The van der Waals surface area contributed by atoms with E-state index < -0.39 is 0 Å². The molecular formula is C21H22ClN3O2. The predicted molar refractivity (Wildman–Crippen MR) is 105 cm³/mol. The van der Waals surface area contributed by atoms with Gasteiger partial charge in [0.15, 0.2) is 0 Å². The lowest BCUT2D eigenvalue weighted by molar-refractivity contribution is 0.212. The van der Waals surface area contributed by atoms with Crippen LogP contribution in [0.25, 0.3) is 11.4 Å². The monoisotopic (exact) mass is 383 g/mol. The molecule has 0 unspecified atom stereocenters. The molecule has 1 aliphatic rings. The quantitative estimate of drug-likeness (QED) is 0.590. The number of benzene rings is 2. The van der Waals surface area contributed by atoms with Crippen LogP contribution in [0, 0.1) is 0 Å². The summed E-state index contributed by atoms with van der Waals surface area (Å²) >= 11 is 6.23. The maximum absolute atomic E-state index is 6.23. The van der Waals surface area contributed by atoms with Gasteiger partial charge in [-0.15, -0.1) is 0 Å². The van der Waals surface area contributed by atoms with Crippen LogP contribution in [0.15, 0.2) is 53.1 Å². The lowest BCUT2D eigenvalue weighted by Gasteiger charge is -2.23. The zero-order chi connectivity index (χ0) is 18.6. The second-order valence-electron chi connectivity index (χ2n) is 6.62. The van der Waals surface area contributed by atoms with Crippen LogP contribution in [-0.2, 0) is 6.54 Å². The van der Waals surface area contributed by atoms with E-state index >= 15 is 0 Å². The molecular weight excluding hydrogens is 362 g/mol. The first-order valence-corrected chi connectivity index (χ1v) is 9.66. The van der Waals surface area contributed by atoms with Crippen molar-refractivity contribution in [1.29, 1.82) is 0 Å². The molecule has 140 valence electrons. The van der Waals surface area contributed by atoms with Crippen molar-refractivity contribution in [1.82, 2.24) is 15.0 Å². The van der Waals surface area contributed by atoms with Gasteiger partial charge in [0.2, 0.25) is 11.7 Å². The van der Waals surface area contributed by atoms with E-state index in [1.807, 2.05) is 43.3 Å². The molecule has 0 amide bonds. The molecule has 2 aromatic carbocycles. The van der Waals surface area contributed by atoms with Gasteiger partial charge in [-0.2, -0.15) is 4.98 Å². The Hall–Kier alpha value is -2.37.